The average Bonchev–Trinajstić information content (AvgIpc) is 2.82. The van der Waals surface area contributed by atoms with Crippen molar-refractivity contribution in [2.45, 2.75) is 44.2 Å². The van der Waals surface area contributed by atoms with E-state index in [9.17, 15) is 0 Å². The Balaban J connectivity index is 2.20. The Morgan fingerprint density at radius 1 is 1.28 bits per heavy atom. The quantitative estimate of drug-likeness (QED) is 0.767. The number of alkyl halides is 1. The Hall–Kier alpha value is -0.740. The summed E-state index contributed by atoms with van der Waals surface area (Å²) in [5, 5.41) is 0. The first-order valence-corrected chi connectivity index (χ1v) is 7.22. The van der Waals surface area contributed by atoms with Gasteiger partial charge in [-0.15, -0.1) is 0 Å². The van der Waals surface area contributed by atoms with Crippen LogP contribution in [0.15, 0.2) is 18.2 Å². The van der Waals surface area contributed by atoms with Crippen LogP contribution in [0.4, 0.5) is 0 Å². The van der Waals surface area contributed by atoms with E-state index in [1.165, 1.54) is 0 Å². The molecule has 0 aliphatic carbocycles. The molecule has 0 radical (unpaired) electrons. The standard InChI is InChI=1S/C14H19BrO3/c1-4-9(2)18-14(10(3)15)11-5-6-12-13(7-11)17-8-16-12/h5-7,9-10,14H,4,8H2,1-3H3/t9-,10-,14-/m1/s1. The lowest BCUT2D eigenvalue weighted by atomic mass is 10.1. The van der Waals surface area contributed by atoms with Crippen molar-refractivity contribution in [3.05, 3.63) is 23.8 Å². The van der Waals surface area contributed by atoms with E-state index in [-0.39, 0.29) is 17.0 Å². The zero-order valence-electron chi connectivity index (χ0n) is 11.0. The maximum atomic E-state index is 6.06. The summed E-state index contributed by atoms with van der Waals surface area (Å²) < 4.78 is 16.8. The van der Waals surface area contributed by atoms with E-state index in [4.69, 9.17) is 14.2 Å². The first kappa shape index (κ1) is 13.7. The monoisotopic (exact) mass is 314 g/mol. The molecule has 0 fully saturated rings. The highest BCUT2D eigenvalue weighted by Crippen LogP contribution is 2.37. The molecule has 0 saturated heterocycles. The number of rotatable bonds is 5. The largest absolute Gasteiger partial charge is 0.454 e. The molecule has 0 unspecified atom stereocenters. The smallest absolute Gasteiger partial charge is 0.231 e. The highest BCUT2D eigenvalue weighted by Gasteiger charge is 2.23. The molecule has 0 amide bonds. The molecule has 0 bridgehead atoms. The van der Waals surface area contributed by atoms with Crippen molar-refractivity contribution >= 4 is 15.9 Å². The molecule has 1 aromatic carbocycles. The summed E-state index contributed by atoms with van der Waals surface area (Å²) in [5.74, 6) is 1.61. The number of ether oxygens (including phenoxy) is 3. The molecule has 1 aliphatic heterocycles. The van der Waals surface area contributed by atoms with Crippen molar-refractivity contribution in [1.29, 1.82) is 0 Å². The second-order valence-electron chi connectivity index (χ2n) is 4.57. The van der Waals surface area contributed by atoms with Gasteiger partial charge in [-0.2, -0.15) is 0 Å². The molecule has 1 aromatic rings. The van der Waals surface area contributed by atoms with E-state index in [1.54, 1.807) is 0 Å². The predicted octanol–water partition coefficient (Wildman–Crippen LogP) is 4.05. The molecule has 2 rings (SSSR count). The van der Waals surface area contributed by atoms with E-state index in [1.807, 2.05) is 18.2 Å². The minimum Gasteiger partial charge on any atom is -0.454 e. The molecule has 0 N–H and O–H groups in total. The summed E-state index contributed by atoms with van der Waals surface area (Å²) in [6, 6.07) is 5.99. The zero-order valence-corrected chi connectivity index (χ0v) is 12.6. The van der Waals surface area contributed by atoms with Gasteiger partial charge in [0.25, 0.3) is 0 Å². The molecular formula is C14H19BrO3. The van der Waals surface area contributed by atoms with Gasteiger partial charge in [-0.05, 0) is 38.0 Å². The van der Waals surface area contributed by atoms with Gasteiger partial charge in [-0.25, -0.2) is 0 Å². The Kier molecular flexibility index (Phi) is 4.51. The Labute approximate surface area is 117 Å². The van der Waals surface area contributed by atoms with Crippen LogP contribution in [0.5, 0.6) is 11.5 Å². The molecule has 1 heterocycles. The average molecular weight is 315 g/mol. The Morgan fingerprint density at radius 3 is 2.67 bits per heavy atom. The Bertz CT molecular complexity index is 406. The van der Waals surface area contributed by atoms with Gasteiger partial charge in [0.2, 0.25) is 6.79 Å². The molecule has 100 valence electrons. The van der Waals surface area contributed by atoms with E-state index >= 15 is 0 Å². The molecule has 4 heteroatoms. The van der Waals surface area contributed by atoms with Crippen LogP contribution in [0.3, 0.4) is 0 Å². The van der Waals surface area contributed by atoms with Crippen LogP contribution in [0.2, 0.25) is 0 Å². The molecule has 18 heavy (non-hydrogen) atoms. The van der Waals surface area contributed by atoms with Gasteiger partial charge in [0.1, 0.15) is 0 Å². The summed E-state index contributed by atoms with van der Waals surface area (Å²) >= 11 is 3.62. The summed E-state index contributed by atoms with van der Waals surface area (Å²) in [5.41, 5.74) is 1.11. The minimum absolute atomic E-state index is 0.0226. The van der Waals surface area contributed by atoms with Crippen LogP contribution in [0.1, 0.15) is 38.9 Å². The normalized spacial score (nSPS) is 18.4. The molecule has 3 nitrogen and oxygen atoms in total. The molecule has 0 saturated carbocycles. The van der Waals surface area contributed by atoms with E-state index in [0.29, 0.717) is 6.79 Å². The topological polar surface area (TPSA) is 27.7 Å². The van der Waals surface area contributed by atoms with Gasteiger partial charge in [-0.3, -0.25) is 0 Å². The second kappa shape index (κ2) is 5.93. The number of halogens is 1. The highest BCUT2D eigenvalue weighted by molar-refractivity contribution is 9.09. The van der Waals surface area contributed by atoms with Crippen molar-refractivity contribution < 1.29 is 14.2 Å². The van der Waals surface area contributed by atoms with Crippen molar-refractivity contribution in [2.75, 3.05) is 6.79 Å². The fraction of sp³-hybridized carbons (Fsp3) is 0.571. The van der Waals surface area contributed by atoms with E-state index in [2.05, 4.69) is 36.7 Å². The van der Waals surface area contributed by atoms with Crippen LogP contribution in [-0.4, -0.2) is 17.7 Å². The fourth-order valence-corrected chi connectivity index (χ4v) is 2.32. The van der Waals surface area contributed by atoms with Gasteiger partial charge in [-0.1, -0.05) is 28.9 Å². The lowest BCUT2D eigenvalue weighted by Gasteiger charge is -2.24. The van der Waals surface area contributed by atoms with Crippen molar-refractivity contribution in [2.24, 2.45) is 0 Å². The van der Waals surface area contributed by atoms with Gasteiger partial charge in [0.05, 0.1) is 12.2 Å². The minimum atomic E-state index is 0.0226. The first-order chi connectivity index (χ1) is 8.61. The van der Waals surface area contributed by atoms with Crippen LogP contribution in [-0.2, 0) is 4.74 Å². The zero-order chi connectivity index (χ0) is 13.1. The Morgan fingerprint density at radius 2 is 2.00 bits per heavy atom. The SMILES string of the molecule is CC[C@@H](C)O[C@@H](c1ccc2c(c1)OCO2)[C@@H](C)Br. The lowest BCUT2D eigenvalue weighted by molar-refractivity contribution is -0.00306. The van der Waals surface area contributed by atoms with Gasteiger partial charge < -0.3 is 14.2 Å². The predicted molar refractivity (Wildman–Crippen MR) is 74.5 cm³/mol. The number of hydrogen-bond donors (Lipinski definition) is 0. The van der Waals surface area contributed by atoms with Gasteiger partial charge >= 0.3 is 0 Å². The van der Waals surface area contributed by atoms with Crippen LogP contribution in [0, 0.1) is 0 Å². The highest BCUT2D eigenvalue weighted by atomic mass is 79.9. The van der Waals surface area contributed by atoms with Crippen molar-refractivity contribution in [3.8, 4) is 11.5 Å². The third-order valence-electron chi connectivity index (χ3n) is 3.10. The first-order valence-electron chi connectivity index (χ1n) is 6.31. The molecule has 1 aliphatic rings. The number of fused-ring (bicyclic) bond motifs is 1. The summed E-state index contributed by atoms with van der Waals surface area (Å²) in [4.78, 5) is 0.242. The summed E-state index contributed by atoms with van der Waals surface area (Å²) in [6.45, 7) is 6.62. The summed E-state index contributed by atoms with van der Waals surface area (Å²) in [6.07, 6.45) is 1.26. The molecule has 0 spiro atoms. The van der Waals surface area contributed by atoms with Crippen molar-refractivity contribution in [1.82, 2.24) is 0 Å². The number of benzene rings is 1. The molecular weight excluding hydrogens is 296 g/mol. The van der Waals surface area contributed by atoms with Gasteiger partial charge in [0, 0.05) is 4.83 Å². The number of hydrogen-bond acceptors (Lipinski definition) is 3. The maximum Gasteiger partial charge on any atom is 0.231 e. The van der Waals surface area contributed by atoms with Gasteiger partial charge in [0.15, 0.2) is 11.5 Å². The molecule has 3 atom stereocenters. The van der Waals surface area contributed by atoms with E-state index < -0.39 is 0 Å². The van der Waals surface area contributed by atoms with E-state index in [0.717, 1.165) is 23.5 Å². The third-order valence-corrected chi connectivity index (χ3v) is 3.58. The summed E-state index contributed by atoms with van der Waals surface area (Å²) in [7, 11) is 0. The lowest BCUT2D eigenvalue weighted by Crippen LogP contribution is -2.19. The van der Waals surface area contributed by atoms with Crippen LogP contribution < -0.4 is 9.47 Å². The molecule has 0 aromatic heterocycles. The second-order valence-corrected chi connectivity index (χ2v) is 6.01. The van der Waals surface area contributed by atoms with Crippen LogP contribution >= 0.6 is 15.9 Å². The fourth-order valence-electron chi connectivity index (χ4n) is 1.89. The van der Waals surface area contributed by atoms with Crippen LogP contribution in [0.25, 0.3) is 0 Å². The maximum absolute atomic E-state index is 6.06. The third kappa shape index (κ3) is 2.98. The van der Waals surface area contributed by atoms with Crippen molar-refractivity contribution in [3.63, 3.8) is 0 Å².